The fourth-order valence-corrected chi connectivity index (χ4v) is 2.79. The van der Waals surface area contributed by atoms with Crippen LogP contribution in [-0.2, 0) is 19.3 Å². The van der Waals surface area contributed by atoms with E-state index < -0.39 is 11.5 Å². The van der Waals surface area contributed by atoms with Gasteiger partial charge in [0.2, 0.25) is 0 Å². The number of aromatic nitrogens is 4. The lowest BCUT2D eigenvalue weighted by molar-refractivity contribution is 0.0949. The van der Waals surface area contributed by atoms with Crippen molar-refractivity contribution in [3.63, 3.8) is 0 Å². The molecule has 3 rings (SSSR count). The molecule has 2 N–H and O–H groups in total. The summed E-state index contributed by atoms with van der Waals surface area (Å²) in [5, 5.41) is 16.1. The summed E-state index contributed by atoms with van der Waals surface area (Å²) < 4.78 is 10.5. The number of hydrogen-bond acceptors (Lipinski definition) is 7. The third-order valence-electron chi connectivity index (χ3n) is 4.27. The van der Waals surface area contributed by atoms with Crippen molar-refractivity contribution in [1.29, 1.82) is 0 Å². The van der Waals surface area contributed by atoms with Crippen molar-refractivity contribution in [2.75, 3.05) is 13.7 Å². The van der Waals surface area contributed by atoms with E-state index in [1.54, 1.807) is 20.1 Å². The van der Waals surface area contributed by atoms with Crippen molar-refractivity contribution in [3.8, 4) is 5.75 Å². The van der Waals surface area contributed by atoms with E-state index in [-0.39, 0.29) is 12.1 Å². The molecule has 0 saturated heterocycles. The second kappa shape index (κ2) is 8.94. The predicted molar refractivity (Wildman–Crippen MR) is 100 cm³/mol. The van der Waals surface area contributed by atoms with Crippen LogP contribution in [0.15, 0.2) is 39.5 Å². The quantitative estimate of drug-likeness (QED) is 0.599. The number of ether oxygens (including phenoxy) is 1. The Morgan fingerprint density at radius 2 is 2.00 bits per heavy atom. The summed E-state index contributed by atoms with van der Waals surface area (Å²) in [6.45, 7) is 2.01. The molecular weight excluding hydrogens is 362 g/mol. The minimum absolute atomic E-state index is 0.0151. The van der Waals surface area contributed by atoms with Crippen LogP contribution in [0.3, 0.4) is 0 Å². The highest BCUT2D eigenvalue weighted by atomic mass is 16.5. The maximum Gasteiger partial charge on any atom is 0.349 e. The lowest BCUT2D eigenvalue weighted by atomic mass is 10.1. The Balaban J connectivity index is 1.61. The first-order valence-electron chi connectivity index (χ1n) is 8.84. The van der Waals surface area contributed by atoms with E-state index in [0.29, 0.717) is 36.4 Å². The molecule has 0 fully saturated rings. The fourth-order valence-electron chi connectivity index (χ4n) is 2.79. The van der Waals surface area contributed by atoms with Crippen molar-refractivity contribution in [1.82, 2.24) is 25.9 Å². The van der Waals surface area contributed by atoms with E-state index >= 15 is 0 Å². The Labute approximate surface area is 161 Å². The molecule has 146 valence electrons. The highest BCUT2D eigenvalue weighted by Gasteiger charge is 2.16. The zero-order valence-corrected chi connectivity index (χ0v) is 15.7. The summed E-state index contributed by atoms with van der Waals surface area (Å²) in [5.74, 6) is 1.34. The Morgan fingerprint density at radius 3 is 2.64 bits per heavy atom. The summed E-state index contributed by atoms with van der Waals surface area (Å²) in [6.07, 6.45) is 1.68. The van der Waals surface area contributed by atoms with Crippen molar-refractivity contribution >= 4 is 5.91 Å². The number of aromatic amines is 1. The third-order valence-corrected chi connectivity index (χ3v) is 4.27. The fraction of sp³-hybridized carbons (Fsp3) is 0.316. The maximum absolute atomic E-state index is 12.3. The van der Waals surface area contributed by atoms with Crippen molar-refractivity contribution in [3.05, 3.63) is 69.0 Å². The molecule has 0 bridgehead atoms. The van der Waals surface area contributed by atoms with Gasteiger partial charge < -0.3 is 14.5 Å². The molecule has 0 atom stereocenters. The first-order valence-corrected chi connectivity index (χ1v) is 8.84. The van der Waals surface area contributed by atoms with Gasteiger partial charge >= 0.3 is 5.63 Å². The van der Waals surface area contributed by atoms with Crippen LogP contribution in [0.1, 0.15) is 33.1 Å². The van der Waals surface area contributed by atoms with Gasteiger partial charge in [0.15, 0.2) is 5.82 Å². The number of tetrazole rings is 1. The monoisotopic (exact) mass is 383 g/mol. The number of nitrogens with zero attached hydrogens (tertiary/aromatic N) is 3. The van der Waals surface area contributed by atoms with Gasteiger partial charge in [0.1, 0.15) is 17.1 Å². The number of rotatable bonds is 8. The molecule has 28 heavy (non-hydrogen) atoms. The molecule has 0 aliphatic carbocycles. The maximum atomic E-state index is 12.3. The van der Waals surface area contributed by atoms with Crippen LogP contribution >= 0.6 is 0 Å². The van der Waals surface area contributed by atoms with Crippen LogP contribution in [0.5, 0.6) is 5.75 Å². The standard InChI is InChI=1S/C19H21N5O4/c1-12-11-15(8-5-13-3-6-14(27-2)7-4-13)28-19(26)17(12)18(25)20-10-9-16-21-23-24-22-16/h3-4,6-7,11H,5,8-10H2,1-2H3,(H,20,25)(H,21,22,23,24). The molecule has 1 amide bonds. The molecule has 2 aromatic heterocycles. The molecule has 9 nitrogen and oxygen atoms in total. The van der Waals surface area contributed by atoms with Gasteiger partial charge in [-0.15, -0.1) is 10.2 Å². The summed E-state index contributed by atoms with van der Waals surface area (Å²) in [6, 6.07) is 9.45. The van der Waals surface area contributed by atoms with E-state index in [1.807, 2.05) is 24.3 Å². The van der Waals surface area contributed by atoms with Crippen LogP contribution in [0.4, 0.5) is 0 Å². The first kappa shape index (κ1) is 19.3. The van der Waals surface area contributed by atoms with Gasteiger partial charge in [-0.1, -0.05) is 17.3 Å². The largest absolute Gasteiger partial charge is 0.497 e. The minimum atomic E-state index is -0.637. The van der Waals surface area contributed by atoms with E-state index in [2.05, 4.69) is 25.9 Å². The topological polar surface area (TPSA) is 123 Å². The second-order valence-electron chi connectivity index (χ2n) is 6.24. The summed E-state index contributed by atoms with van der Waals surface area (Å²) in [4.78, 5) is 24.6. The Morgan fingerprint density at radius 1 is 1.21 bits per heavy atom. The van der Waals surface area contributed by atoms with E-state index in [9.17, 15) is 9.59 Å². The Hall–Kier alpha value is -3.49. The molecule has 2 heterocycles. The summed E-state index contributed by atoms with van der Waals surface area (Å²) in [7, 11) is 1.62. The smallest absolute Gasteiger partial charge is 0.349 e. The van der Waals surface area contributed by atoms with Gasteiger partial charge in [-0.05, 0) is 42.7 Å². The van der Waals surface area contributed by atoms with Crippen LogP contribution in [-0.4, -0.2) is 40.2 Å². The number of H-pyrrole nitrogens is 1. The molecule has 1 aromatic carbocycles. The number of amides is 1. The van der Waals surface area contributed by atoms with Crippen LogP contribution in [0.25, 0.3) is 0 Å². The Bertz CT molecular complexity index is 981. The van der Waals surface area contributed by atoms with E-state index in [1.165, 1.54) is 0 Å². The van der Waals surface area contributed by atoms with Gasteiger partial charge in [-0.3, -0.25) is 4.79 Å². The van der Waals surface area contributed by atoms with Gasteiger partial charge in [-0.25, -0.2) is 4.79 Å². The second-order valence-corrected chi connectivity index (χ2v) is 6.24. The SMILES string of the molecule is COc1ccc(CCc2cc(C)c(C(=O)NCCc3nn[nH]n3)c(=O)o2)cc1. The van der Waals surface area contributed by atoms with Crippen molar-refractivity contribution in [2.45, 2.75) is 26.2 Å². The molecule has 0 unspecified atom stereocenters. The third kappa shape index (κ3) is 4.81. The molecule has 0 radical (unpaired) electrons. The van der Waals surface area contributed by atoms with Crippen LogP contribution in [0, 0.1) is 6.92 Å². The number of hydrogen-bond donors (Lipinski definition) is 2. The Kier molecular flexibility index (Phi) is 6.15. The van der Waals surface area contributed by atoms with Gasteiger partial charge in [0.05, 0.1) is 7.11 Å². The minimum Gasteiger partial charge on any atom is -0.497 e. The average Bonchev–Trinajstić information content (AvgIpc) is 3.20. The van der Waals surface area contributed by atoms with E-state index in [4.69, 9.17) is 9.15 Å². The van der Waals surface area contributed by atoms with Gasteiger partial charge in [-0.2, -0.15) is 5.21 Å². The first-order chi connectivity index (χ1) is 13.6. The van der Waals surface area contributed by atoms with E-state index in [0.717, 1.165) is 11.3 Å². The number of nitrogens with one attached hydrogen (secondary N) is 2. The molecule has 0 aliphatic heterocycles. The van der Waals surface area contributed by atoms with Crippen LogP contribution in [0.2, 0.25) is 0 Å². The molecule has 0 aliphatic rings. The van der Waals surface area contributed by atoms with Gasteiger partial charge in [0.25, 0.3) is 5.91 Å². The lowest BCUT2D eigenvalue weighted by Crippen LogP contribution is -2.31. The summed E-state index contributed by atoms with van der Waals surface area (Å²) >= 11 is 0. The zero-order chi connectivity index (χ0) is 19.9. The highest BCUT2D eigenvalue weighted by Crippen LogP contribution is 2.14. The number of aryl methyl sites for hydroxylation is 3. The number of methoxy groups -OCH3 is 1. The van der Waals surface area contributed by atoms with Crippen molar-refractivity contribution < 1.29 is 13.9 Å². The van der Waals surface area contributed by atoms with Crippen molar-refractivity contribution in [2.24, 2.45) is 0 Å². The number of carbonyl (C=O) groups excluding carboxylic acids is 1. The predicted octanol–water partition coefficient (Wildman–Crippen LogP) is 1.23. The lowest BCUT2D eigenvalue weighted by Gasteiger charge is -2.08. The highest BCUT2D eigenvalue weighted by molar-refractivity contribution is 5.95. The molecule has 3 aromatic rings. The van der Waals surface area contributed by atoms with Gasteiger partial charge in [0, 0.05) is 19.4 Å². The normalized spacial score (nSPS) is 10.6. The number of carbonyl (C=O) groups is 1. The molecular formula is C19H21N5O4. The average molecular weight is 383 g/mol. The number of benzene rings is 1. The molecule has 0 saturated carbocycles. The zero-order valence-electron chi connectivity index (χ0n) is 15.7. The summed E-state index contributed by atoms with van der Waals surface area (Å²) in [5.41, 5.74) is 1.06. The molecule has 9 heteroatoms. The molecule has 0 spiro atoms. The van der Waals surface area contributed by atoms with Crippen LogP contribution < -0.4 is 15.7 Å².